The Bertz CT molecular complexity index is 341. The van der Waals surface area contributed by atoms with Crippen LogP contribution in [0, 0.1) is 5.41 Å². The van der Waals surface area contributed by atoms with Crippen molar-refractivity contribution in [2.75, 3.05) is 6.61 Å². The molecule has 0 spiro atoms. The molecule has 0 amide bonds. The van der Waals surface area contributed by atoms with Crippen LogP contribution in [0.25, 0.3) is 0 Å². The predicted octanol–water partition coefficient (Wildman–Crippen LogP) is 1.60. The molecule has 1 N–H and O–H groups in total. The summed E-state index contributed by atoms with van der Waals surface area (Å²) in [5.41, 5.74) is 0.0765. The van der Waals surface area contributed by atoms with E-state index in [0.717, 1.165) is 0 Å². The molecule has 82 valence electrons. The SMILES string of the molecule is CC(C)(C)COc1ncc(C(=O)O)cn1. The molecule has 0 bridgehead atoms. The predicted molar refractivity (Wildman–Crippen MR) is 53.9 cm³/mol. The maximum absolute atomic E-state index is 10.5. The molecule has 0 aliphatic heterocycles. The van der Waals surface area contributed by atoms with Crippen LogP contribution in [0.2, 0.25) is 0 Å². The largest absolute Gasteiger partial charge is 0.478 e. The number of hydrogen-bond acceptors (Lipinski definition) is 4. The molecule has 5 nitrogen and oxygen atoms in total. The Hall–Kier alpha value is -1.65. The number of hydrogen-bond donors (Lipinski definition) is 1. The topological polar surface area (TPSA) is 72.3 Å². The average molecular weight is 210 g/mol. The Kier molecular flexibility index (Phi) is 3.24. The van der Waals surface area contributed by atoms with Gasteiger partial charge in [-0.1, -0.05) is 20.8 Å². The van der Waals surface area contributed by atoms with Gasteiger partial charge in [0.15, 0.2) is 0 Å². The Morgan fingerprint density at radius 2 is 1.93 bits per heavy atom. The van der Waals surface area contributed by atoms with Gasteiger partial charge in [-0.15, -0.1) is 0 Å². The van der Waals surface area contributed by atoms with E-state index in [-0.39, 0.29) is 17.0 Å². The molecular weight excluding hydrogens is 196 g/mol. The first-order chi connectivity index (χ1) is 6.88. The van der Waals surface area contributed by atoms with E-state index in [1.807, 2.05) is 20.8 Å². The molecule has 0 radical (unpaired) electrons. The lowest BCUT2D eigenvalue weighted by Crippen LogP contribution is -2.18. The average Bonchev–Trinajstić information content (AvgIpc) is 2.14. The minimum absolute atomic E-state index is 0.0226. The molecule has 0 aromatic carbocycles. The minimum atomic E-state index is -1.04. The number of aromatic carboxylic acids is 1. The summed E-state index contributed by atoms with van der Waals surface area (Å²) in [6.45, 7) is 6.56. The van der Waals surface area contributed by atoms with Crippen LogP contribution in [-0.2, 0) is 0 Å². The highest BCUT2D eigenvalue weighted by Crippen LogP contribution is 2.14. The minimum Gasteiger partial charge on any atom is -0.478 e. The highest BCUT2D eigenvalue weighted by molar-refractivity contribution is 5.86. The molecule has 0 saturated heterocycles. The number of rotatable bonds is 3. The Balaban J connectivity index is 2.61. The number of carboxylic acid groups (broad SMARTS) is 1. The number of carbonyl (C=O) groups is 1. The van der Waals surface area contributed by atoms with E-state index in [9.17, 15) is 4.79 Å². The second-order valence-electron chi connectivity index (χ2n) is 4.41. The molecule has 0 saturated carbocycles. The first-order valence-corrected chi connectivity index (χ1v) is 4.57. The van der Waals surface area contributed by atoms with Crippen molar-refractivity contribution in [2.45, 2.75) is 20.8 Å². The van der Waals surface area contributed by atoms with Crippen LogP contribution in [0.5, 0.6) is 6.01 Å². The third kappa shape index (κ3) is 3.93. The van der Waals surface area contributed by atoms with Crippen LogP contribution < -0.4 is 4.74 Å². The van der Waals surface area contributed by atoms with Gasteiger partial charge in [-0.05, 0) is 5.41 Å². The summed E-state index contributed by atoms with van der Waals surface area (Å²) in [6, 6.07) is 0.204. The van der Waals surface area contributed by atoms with Gasteiger partial charge in [0.05, 0.1) is 12.2 Å². The molecule has 1 heterocycles. The van der Waals surface area contributed by atoms with Crippen molar-refractivity contribution in [3.8, 4) is 6.01 Å². The molecule has 0 aliphatic rings. The third-order valence-corrected chi connectivity index (χ3v) is 1.51. The van der Waals surface area contributed by atoms with Crippen LogP contribution in [-0.4, -0.2) is 27.7 Å². The summed E-state index contributed by atoms with van der Waals surface area (Å²) in [4.78, 5) is 18.1. The summed E-state index contributed by atoms with van der Waals surface area (Å²) >= 11 is 0. The lowest BCUT2D eigenvalue weighted by atomic mass is 9.99. The number of ether oxygens (including phenoxy) is 1. The Morgan fingerprint density at radius 1 is 1.40 bits per heavy atom. The molecule has 1 aromatic heterocycles. The number of nitrogens with zero attached hydrogens (tertiary/aromatic N) is 2. The van der Waals surface area contributed by atoms with E-state index < -0.39 is 5.97 Å². The third-order valence-electron chi connectivity index (χ3n) is 1.51. The van der Waals surface area contributed by atoms with Gasteiger partial charge >= 0.3 is 12.0 Å². The number of aromatic nitrogens is 2. The van der Waals surface area contributed by atoms with Crippen molar-refractivity contribution >= 4 is 5.97 Å². The first kappa shape index (κ1) is 11.4. The fourth-order valence-corrected chi connectivity index (χ4v) is 0.782. The van der Waals surface area contributed by atoms with Crippen LogP contribution in [0.1, 0.15) is 31.1 Å². The lowest BCUT2D eigenvalue weighted by molar-refractivity contribution is 0.0695. The van der Waals surface area contributed by atoms with Crippen molar-refractivity contribution < 1.29 is 14.6 Å². The van der Waals surface area contributed by atoms with E-state index in [1.165, 1.54) is 12.4 Å². The Labute approximate surface area is 88.1 Å². The normalized spacial score (nSPS) is 11.1. The molecule has 1 rings (SSSR count). The molecule has 0 atom stereocenters. The van der Waals surface area contributed by atoms with E-state index in [4.69, 9.17) is 9.84 Å². The second-order valence-corrected chi connectivity index (χ2v) is 4.41. The van der Waals surface area contributed by atoms with Gasteiger partial charge in [0.2, 0.25) is 0 Å². The smallest absolute Gasteiger partial charge is 0.338 e. The molecule has 15 heavy (non-hydrogen) atoms. The molecule has 0 unspecified atom stereocenters. The van der Waals surface area contributed by atoms with Gasteiger partial charge in [0.25, 0.3) is 0 Å². The summed E-state index contributed by atoms with van der Waals surface area (Å²) < 4.78 is 5.29. The summed E-state index contributed by atoms with van der Waals surface area (Å²) in [5, 5.41) is 8.61. The highest BCUT2D eigenvalue weighted by Gasteiger charge is 2.12. The van der Waals surface area contributed by atoms with Crippen LogP contribution >= 0.6 is 0 Å². The van der Waals surface area contributed by atoms with Crippen molar-refractivity contribution in [2.24, 2.45) is 5.41 Å². The molecule has 0 fully saturated rings. The molecule has 5 heteroatoms. The summed E-state index contributed by atoms with van der Waals surface area (Å²) in [7, 11) is 0. The van der Waals surface area contributed by atoms with Crippen LogP contribution in [0.3, 0.4) is 0 Å². The maximum atomic E-state index is 10.5. The van der Waals surface area contributed by atoms with E-state index in [2.05, 4.69) is 9.97 Å². The quantitative estimate of drug-likeness (QED) is 0.820. The fourth-order valence-electron chi connectivity index (χ4n) is 0.782. The van der Waals surface area contributed by atoms with Gasteiger partial charge < -0.3 is 9.84 Å². The van der Waals surface area contributed by atoms with Crippen LogP contribution in [0.15, 0.2) is 12.4 Å². The summed E-state index contributed by atoms with van der Waals surface area (Å²) in [5.74, 6) is -1.04. The van der Waals surface area contributed by atoms with E-state index in [0.29, 0.717) is 6.61 Å². The Morgan fingerprint density at radius 3 is 2.33 bits per heavy atom. The maximum Gasteiger partial charge on any atom is 0.338 e. The van der Waals surface area contributed by atoms with Gasteiger partial charge in [0, 0.05) is 12.4 Å². The van der Waals surface area contributed by atoms with E-state index in [1.54, 1.807) is 0 Å². The van der Waals surface area contributed by atoms with Crippen molar-refractivity contribution in [1.82, 2.24) is 9.97 Å². The molecular formula is C10H14N2O3. The van der Waals surface area contributed by atoms with Gasteiger partial charge in [-0.3, -0.25) is 0 Å². The zero-order valence-corrected chi connectivity index (χ0v) is 9.02. The van der Waals surface area contributed by atoms with Crippen molar-refractivity contribution in [1.29, 1.82) is 0 Å². The zero-order valence-electron chi connectivity index (χ0n) is 9.02. The van der Waals surface area contributed by atoms with Gasteiger partial charge in [0.1, 0.15) is 0 Å². The van der Waals surface area contributed by atoms with Gasteiger partial charge in [-0.2, -0.15) is 0 Å². The molecule has 0 aliphatic carbocycles. The monoisotopic (exact) mass is 210 g/mol. The van der Waals surface area contributed by atoms with E-state index >= 15 is 0 Å². The van der Waals surface area contributed by atoms with Crippen LogP contribution in [0.4, 0.5) is 0 Å². The number of carboxylic acids is 1. The fraction of sp³-hybridized carbons (Fsp3) is 0.500. The van der Waals surface area contributed by atoms with Gasteiger partial charge in [-0.25, -0.2) is 14.8 Å². The summed E-state index contributed by atoms with van der Waals surface area (Å²) in [6.07, 6.45) is 2.46. The standard InChI is InChI=1S/C10H14N2O3/c1-10(2,3)6-15-9-11-4-7(5-12-9)8(13)14/h4-5H,6H2,1-3H3,(H,13,14). The van der Waals surface area contributed by atoms with Crippen molar-refractivity contribution in [3.05, 3.63) is 18.0 Å². The zero-order chi connectivity index (χ0) is 11.5. The first-order valence-electron chi connectivity index (χ1n) is 4.57. The lowest BCUT2D eigenvalue weighted by Gasteiger charge is -2.17. The highest BCUT2D eigenvalue weighted by atomic mass is 16.5. The van der Waals surface area contributed by atoms with Crippen molar-refractivity contribution in [3.63, 3.8) is 0 Å². The molecule has 1 aromatic rings. The second kappa shape index (κ2) is 4.25.